The van der Waals surface area contributed by atoms with Crippen molar-refractivity contribution in [3.05, 3.63) is 76.1 Å². The number of nitro groups is 1. The molecule has 0 atom stereocenters. The van der Waals surface area contributed by atoms with Crippen molar-refractivity contribution in [2.45, 2.75) is 0 Å². The lowest BCUT2D eigenvalue weighted by molar-refractivity contribution is -0.384. The molecular weight excluding hydrogens is 331 g/mol. The van der Waals surface area contributed by atoms with Crippen LogP contribution in [-0.4, -0.2) is 23.4 Å². The highest BCUT2D eigenvalue weighted by Gasteiger charge is 2.09. The number of hydrogen-bond donors (Lipinski definition) is 1. The molecule has 0 saturated heterocycles. The van der Waals surface area contributed by atoms with Gasteiger partial charge in [-0.15, -0.1) is 0 Å². The Morgan fingerprint density at radius 1 is 1.20 bits per heavy atom. The smallest absolute Gasteiger partial charge is 0.331 e. The van der Waals surface area contributed by atoms with E-state index in [2.05, 4.69) is 5.32 Å². The number of rotatable bonds is 6. The van der Waals surface area contributed by atoms with E-state index in [4.69, 9.17) is 4.74 Å². The maximum absolute atomic E-state index is 13.0. The van der Waals surface area contributed by atoms with Crippen LogP contribution in [0, 0.1) is 15.9 Å². The molecule has 0 aromatic heterocycles. The number of carbonyl (C=O) groups excluding carboxylic acids is 2. The van der Waals surface area contributed by atoms with E-state index in [0.29, 0.717) is 5.56 Å². The topological polar surface area (TPSA) is 98.5 Å². The van der Waals surface area contributed by atoms with E-state index in [-0.39, 0.29) is 11.4 Å². The summed E-state index contributed by atoms with van der Waals surface area (Å²) >= 11 is 0. The zero-order valence-corrected chi connectivity index (χ0v) is 12.8. The molecule has 7 nitrogen and oxygen atoms in total. The molecule has 0 aliphatic carbocycles. The number of ether oxygens (including phenoxy) is 1. The number of benzene rings is 2. The van der Waals surface area contributed by atoms with E-state index in [0.717, 1.165) is 6.08 Å². The van der Waals surface area contributed by atoms with Crippen molar-refractivity contribution in [2.24, 2.45) is 0 Å². The molecule has 2 aromatic carbocycles. The first-order valence-electron chi connectivity index (χ1n) is 7.09. The van der Waals surface area contributed by atoms with Crippen LogP contribution < -0.4 is 5.32 Å². The minimum atomic E-state index is -0.779. The summed E-state index contributed by atoms with van der Waals surface area (Å²) in [5.41, 5.74) is 0.511. The van der Waals surface area contributed by atoms with Gasteiger partial charge >= 0.3 is 5.97 Å². The van der Waals surface area contributed by atoms with Gasteiger partial charge in [-0.05, 0) is 29.8 Å². The van der Waals surface area contributed by atoms with E-state index in [1.54, 1.807) is 6.07 Å². The Hall–Kier alpha value is -3.55. The third kappa shape index (κ3) is 5.87. The molecule has 2 aromatic rings. The molecule has 0 fully saturated rings. The second-order valence-corrected chi connectivity index (χ2v) is 4.85. The fourth-order valence-electron chi connectivity index (χ4n) is 1.85. The SMILES string of the molecule is O=C(COC(=O)/C=C/c1cccc(F)c1)Nc1cccc([N+](=O)[O-])c1. The summed E-state index contributed by atoms with van der Waals surface area (Å²) in [4.78, 5) is 33.3. The monoisotopic (exact) mass is 344 g/mol. The van der Waals surface area contributed by atoms with Crippen LogP contribution in [-0.2, 0) is 14.3 Å². The van der Waals surface area contributed by atoms with Crippen LogP contribution in [0.3, 0.4) is 0 Å². The van der Waals surface area contributed by atoms with Crippen molar-refractivity contribution in [1.29, 1.82) is 0 Å². The van der Waals surface area contributed by atoms with Crippen LogP contribution in [0.4, 0.5) is 15.8 Å². The number of non-ortho nitro benzene ring substituents is 1. The summed E-state index contributed by atoms with van der Waals surface area (Å²) in [6, 6.07) is 11.0. The van der Waals surface area contributed by atoms with E-state index >= 15 is 0 Å². The highest BCUT2D eigenvalue weighted by atomic mass is 19.1. The number of hydrogen-bond acceptors (Lipinski definition) is 5. The molecule has 25 heavy (non-hydrogen) atoms. The van der Waals surface area contributed by atoms with Gasteiger partial charge < -0.3 is 10.1 Å². The van der Waals surface area contributed by atoms with Gasteiger partial charge in [0.25, 0.3) is 11.6 Å². The van der Waals surface area contributed by atoms with E-state index < -0.39 is 29.2 Å². The Kier molecular flexibility index (Phi) is 5.94. The lowest BCUT2D eigenvalue weighted by Crippen LogP contribution is -2.20. The summed E-state index contributed by atoms with van der Waals surface area (Å²) in [5, 5.41) is 13.0. The molecule has 0 radical (unpaired) electrons. The van der Waals surface area contributed by atoms with Gasteiger partial charge in [-0.1, -0.05) is 18.2 Å². The number of esters is 1. The minimum Gasteiger partial charge on any atom is -0.452 e. The molecule has 0 aliphatic heterocycles. The van der Waals surface area contributed by atoms with Gasteiger partial charge in [-0.2, -0.15) is 0 Å². The fraction of sp³-hybridized carbons (Fsp3) is 0.0588. The number of nitrogens with one attached hydrogen (secondary N) is 1. The van der Waals surface area contributed by atoms with Gasteiger partial charge in [0, 0.05) is 23.9 Å². The van der Waals surface area contributed by atoms with Gasteiger partial charge in [-0.3, -0.25) is 14.9 Å². The zero-order chi connectivity index (χ0) is 18.2. The quantitative estimate of drug-likeness (QED) is 0.376. The molecule has 0 spiro atoms. The summed E-state index contributed by atoms with van der Waals surface area (Å²) in [6.07, 6.45) is 2.42. The van der Waals surface area contributed by atoms with Crippen molar-refractivity contribution in [3.8, 4) is 0 Å². The van der Waals surface area contributed by atoms with Crippen LogP contribution in [0.5, 0.6) is 0 Å². The fourth-order valence-corrected chi connectivity index (χ4v) is 1.85. The summed E-state index contributed by atoms with van der Waals surface area (Å²) < 4.78 is 17.7. The first-order valence-corrected chi connectivity index (χ1v) is 7.09. The third-order valence-electron chi connectivity index (χ3n) is 2.95. The van der Waals surface area contributed by atoms with Crippen LogP contribution in [0.2, 0.25) is 0 Å². The van der Waals surface area contributed by atoms with Gasteiger partial charge in [0.2, 0.25) is 0 Å². The maximum atomic E-state index is 13.0. The van der Waals surface area contributed by atoms with E-state index in [1.165, 1.54) is 48.5 Å². The molecule has 0 saturated carbocycles. The number of nitro benzene ring substituents is 1. The van der Waals surface area contributed by atoms with Crippen molar-refractivity contribution >= 4 is 29.3 Å². The van der Waals surface area contributed by atoms with Crippen LogP contribution in [0.15, 0.2) is 54.6 Å². The van der Waals surface area contributed by atoms with Crippen molar-refractivity contribution in [2.75, 3.05) is 11.9 Å². The van der Waals surface area contributed by atoms with Gasteiger partial charge in [0.15, 0.2) is 6.61 Å². The van der Waals surface area contributed by atoms with Crippen molar-refractivity contribution < 1.29 is 23.6 Å². The van der Waals surface area contributed by atoms with Crippen molar-refractivity contribution in [3.63, 3.8) is 0 Å². The molecule has 1 N–H and O–H groups in total. The average molecular weight is 344 g/mol. The number of amides is 1. The largest absolute Gasteiger partial charge is 0.452 e. The first kappa shape index (κ1) is 17.8. The Morgan fingerprint density at radius 3 is 2.68 bits per heavy atom. The highest BCUT2D eigenvalue weighted by Crippen LogP contribution is 2.16. The molecule has 1 amide bonds. The molecule has 8 heteroatoms. The number of halogens is 1. The average Bonchev–Trinajstić information content (AvgIpc) is 2.58. The van der Waals surface area contributed by atoms with Gasteiger partial charge in [0.05, 0.1) is 4.92 Å². The standard InChI is InChI=1S/C17H13FN2O5/c18-13-4-1-3-12(9-13)7-8-17(22)25-11-16(21)19-14-5-2-6-15(10-14)20(23)24/h1-10H,11H2,(H,19,21)/b8-7+. The Morgan fingerprint density at radius 2 is 1.96 bits per heavy atom. The van der Waals surface area contributed by atoms with Gasteiger partial charge in [0.1, 0.15) is 5.82 Å². The van der Waals surface area contributed by atoms with E-state index in [9.17, 15) is 24.1 Å². The first-order chi connectivity index (χ1) is 11.9. The maximum Gasteiger partial charge on any atom is 0.331 e. The Balaban J connectivity index is 1.84. The molecule has 0 aliphatic rings. The summed E-state index contributed by atoms with van der Waals surface area (Å²) in [6.45, 7) is -0.560. The third-order valence-corrected chi connectivity index (χ3v) is 2.95. The predicted octanol–water partition coefficient (Wildman–Crippen LogP) is 2.93. The zero-order valence-electron chi connectivity index (χ0n) is 12.8. The second-order valence-electron chi connectivity index (χ2n) is 4.85. The van der Waals surface area contributed by atoms with Crippen molar-refractivity contribution in [1.82, 2.24) is 0 Å². The number of carbonyl (C=O) groups is 2. The summed E-state index contributed by atoms with van der Waals surface area (Å²) in [5.74, 6) is -1.86. The minimum absolute atomic E-state index is 0.173. The molecule has 0 heterocycles. The lowest BCUT2D eigenvalue weighted by atomic mass is 10.2. The van der Waals surface area contributed by atoms with Crippen LogP contribution in [0.1, 0.15) is 5.56 Å². The van der Waals surface area contributed by atoms with Gasteiger partial charge in [-0.25, -0.2) is 9.18 Å². The summed E-state index contributed by atoms with van der Waals surface area (Å²) in [7, 11) is 0. The van der Waals surface area contributed by atoms with Crippen LogP contribution in [0.25, 0.3) is 6.08 Å². The Labute approximate surface area is 141 Å². The highest BCUT2D eigenvalue weighted by molar-refractivity contribution is 5.94. The predicted molar refractivity (Wildman–Crippen MR) is 88.1 cm³/mol. The van der Waals surface area contributed by atoms with Crippen LogP contribution >= 0.6 is 0 Å². The number of nitrogens with zero attached hydrogens (tertiary/aromatic N) is 1. The molecule has 0 bridgehead atoms. The Bertz CT molecular complexity index is 835. The molecule has 0 unspecified atom stereocenters. The van der Waals surface area contributed by atoms with E-state index in [1.807, 2.05) is 0 Å². The number of anilines is 1. The second kappa shape index (κ2) is 8.34. The normalized spacial score (nSPS) is 10.4. The molecule has 128 valence electrons. The lowest BCUT2D eigenvalue weighted by Gasteiger charge is -2.05. The molecular formula is C17H13FN2O5. The molecule has 2 rings (SSSR count).